The molecule has 2 saturated heterocycles. The summed E-state index contributed by atoms with van der Waals surface area (Å²) in [5.74, 6) is 1.08. The largest absolute Gasteiger partial charge is 0.374 e. The maximum atomic E-state index is 11.8. The summed E-state index contributed by atoms with van der Waals surface area (Å²) in [5, 5.41) is 5.58. The number of ether oxygens (including phenoxy) is 1. The van der Waals surface area contributed by atoms with E-state index in [-0.39, 0.29) is 29.6 Å². The van der Waals surface area contributed by atoms with Crippen LogP contribution in [-0.2, 0) is 14.6 Å². The molecule has 2 fully saturated rings. The lowest BCUT2D eigenvalue weighted by molar-refractivity contribution is -0.0290. The van der Waals surface area contributed by atoms with Crippen LogP contribution < -0.4 is 10.6 Å². The Balaban J connectivity index is 1.62. The van der Waals surface area contributed by atoms with Crippen molar-refractivity contribution in [1.82, 2.24) is 15.5 Å². The molecule has 2 aliphatic rings. The lowest BCUT2D eigenvalue weighted by Crippen LogP contribution is -2.50. The van der Waals surface area contributed by atoms with E-state index in [0.29, 0.717) is 32.0 Å². The number of morpholine rings is 1. The van der Waals surface area contributed by atoms with Crippen molar-refractivity contribution in [2.45, 2.75) is 26.4 Å². The topological polar surface area (TPSA) is 87.7 Å². The molecule has 134 valence electrons. The van der Waals surface area contributed by atoms with Crippen LogP contribution in [0.25, 0.3) is 0 Å². The number of nitrogens with one attached hydrogen (secondary N) is 2. The average Bonchev–Trinajstić information content (AvgIpc) is 2.82. The molecular weight excluding hydrogens is 318 g/mol. The molecule has 0 bridgehead atoms. The predicted molar refractivity (Wildman–Crippen MR) is 89.2 cm³/mol. The Bertz CT molecular complexity index is 495. The number of hydrogen-bond acceptors (Lipinski definition) is 5. The second-order valence-corrected chi connectivity index (χ2v) is 9.23. The Hall–Kier alpha value is -0.860. The smallest absolute Gasteiger partial charge is 0.314 e. The monoisotopic (exact) mass is 347 g/mol. The molecule has 2 N–H and O–H groups in total. The van der Waals surface area contributed by atoms with Gasteiger partial charge in [0.05, 0.1) is 24.2 Å². The van der Waals surface area contributed by atoms with Gasteiger partial charge in [-0.3, -0.25) is 4.90 Å². The fourth-order valence-electron chi connectivity index (χ4n) is 3.13. The van der Waals surface area contributed by atoms with Crippen LogP contribution in [0.3, 0.4) is 0 Å². The summed E-state index contributed by atoms with van der Waals surface area (Å²) >= 11 is 0. The van der Waals surface area contributed by atoms with Crippen LogP contribution in [0, 0.1) is 11.8 Å². The number of carbonyl (C=O) groups is 1. The zero-order chi connectivity index (χ0) is 16.9. The van der Waals surface area contributed by atoms with Gasteiger partial charge in [0.25, 0.3) is 0 Å². The summed E-state index contributed by atoms with van der Waals surface area (Å²) in [7, 11) is -2.89. The van der Waals surface area contributed by atoms with Gasteiger partial charge >= 0.3 is 6.03 Å². The molecule has 0 aromatic rings. The lowest BCUT2D eigenvalue weighted by Gasteiger charge is -2.33. The highest BCUT2D eigenvalue weighted by molar-refractivity contribution is 7.91. The molecule has 2 aliphatic heterocycles. The summed E-state index contributed by atoms with van der Waals surface area (Å²) in [6.45, 7) is 8.79. The number of sulfone groups is 1. The summed E-state index contributed by atoms with van der Waals surface area (Å²) in [4.78, 5) is 14.2. The van der Waals surface area contributed by atoms with Crippen LogP contribution in [0.4, 0.5) is 4.79 Å². The zero-order valence-electron chi connectivity index (χ0n) is 14.1. The summed E-state index contributed by atoms with van der Waals surface area (Å²) in [5.41, 5.74) is 0. The number of carbonyl (C=O) groups excluding carboxylic acids is 1. The van der Waals surface area contributed by atoms with E-state index in [1.54, 1.807) is 0 Å². The fourth-order valence-corrected chi connectivity index (χ4v) is 4.99. The first kappa shape index (κ1) is 18.5. The van der Waals surface area contributed by atoms with Gasteiger partial charge in [-0.15, -0.1) is 0 Å². The molecule has 23 heavy (non-hydrogen) atoms. The van der Waals surface area contributed by atoms with Crippen molar-refractivity contribution in [3.05, 3.63) is 0 Å². The van der Waals surface area contributed by atoms with E-state index in [0.717, 1.165) is 19.6 Å². The zero-order valence-corrected chi connectivity index (χ0v) is 14.9. The van der Waals surface area contributed by atoms with Gasteiger partial charge in [-0.05, 0) is 18.3 Å². The third-order valence-corrected chi connectivity index (χ3v) is 6.05. The van der Waals surface area contributed by atoms with E-state index in [9.17, 15) is 13.2 Å². The van der Waals surface area contributed by atoms with Gasteiger partial charge in [0, 0.05) is 32.7 Å². The van der Waals surface area contributed by atoms with Gasteiger partial charge < -0.3 is 15.4 Å². The van der Waals surface area contributed by atoms with Crippen LogP contribution in [0.15, 0.2) is 0 Å². The van der Waals surface area contributed by atoms with E-state index in [2.05, 4.69) is 29.4 Å². The second kappa shape index (κ2) is 8.30. The van der Waals surface area contributed by atoms with Crippen molar-refractivity contribution in [2.24, 2.45) is 11.8 Å². The van der Waals surface area contributed by atoms with E-state index in [1.807, 2.05) is 0 Å². The Kier molecular flexibility index (Phi) is 6.67. The maximum Gasteiger partial charge on any atom is 0.314 e. The Morgan fingerprint density at radius 3 is 2.70 bits per heavy atom. The predicted octanol–water partition coefficient (Wildman–Crippen LogP) is 0.0771. The maximum absolute atomic E-state index is 11.8. The quantitative estimate of drug-likeness (QED) is 0.710. The molecule has 0 saturated carbocycles. The van der Waals surface area contributed by atoms with Gasteiger partial charge in [0.2, 0.25) is 0 Å². The van der Waals surface area contributed by atoms with Crippen LogP contribution in [-0.4, -0.2) is 76.3 Å². The highest BCUT2D eigenvalue weighted by Crippen LogP contribution is 2.17. The Morgan fingerprint density at radius 1 is 1.30 bits per heavy atom. The van der Waals surface area contributed by atoms with Gasteiger partial charge in [-0.1, -0.05) is 13.8 Å². The second-order valence-electron chi connectivity index (χ2n) is 7.01. The van der Waals surface area contributed by atoms with Crippen LogP contribution in [0.1, 0.15) is 20.3 Å². The molecule has 0 spiro atoms. The number of hydrogen-bond donors (Lipinski definition) is 2. The number of rotatable bonds is 6. The first-order valence-corrected chi connectivity index (χ1v) is 10.2. The normalized spacial score (nSPS) is 28.0. The van der Waals surface area contributed by atoms with Crippen LogP contribution >= 0.6 is 0 Å². The van der Waals surface area contributed by atoms with Crippen LogP contribution in [0.5, 0.6) is 0 Å². The molecule has 0 aromatic carbocycles. The summed E-state index contributed by atoms with van der Waals surface area (Å²) < 4.78 is 28.4. The SMILES string of the molecule is CC(C)CN1CCO[C@@H](CNC(=O)NC[C@H]2CCS(=O)(=O)C2)C1. The minimum absolute atomic E-state index is 0.0140. The van der Waals surface area contributed by atoms with Crippen molar-refractivity contribution >= 4 is 15.9 Å². The molecule has 0 aromatic heterocycles. The number of urea groups is 1. The van der Waals surface area contributed by atoms with Crippen molar-refractivity contribution in [2.75, 3.05) is 50.8 Å². The minimum atomic E-state index is -2.89. The molecule has 2 atom stereocenters. The van der Waals surface area contributed by atoms with Gasteiger partial charge in [0.15, 0.2) is 9.84 Å². The Labute approximate surface area is 139 Å². The summed E-state index contributed by atoms with van der Waals surface area (Å²) in [6.07, 6.45) is 0.651. The third-order valence-electron chi connectivity index (χ3n) is 4.21. The van der Waals surface area contributed by atoms with E-state index >= 15 is 0 Å². The molecule has 0 radical (unpaired) electrons. The molecule has 2 heterocycles. The average molecular weight is 347 g/mol. The first-order chi connectivity index (χ1) is 10.8. The minimum Gasteiger partial charge on any atom is -0.374 e. The fraction of sp³-hybridized carbons (Fsp3) is 0.933. The molecule has 2 rings (SSSR count). The number of amides is 2. The Morgan fingerprint density at radius 2 is 2.04 bits per heavy atom. The number of nitrogens with zero attached hydrogens (tertiary/aromatic N) is 1. The first-order valence-electron chi connectivity index (χ1n) is 8.40. The molecule has 7 nitrogen and oxygen atoms in total. The van der Waals surface area contributed by atoms with Gasteiger partial charge in [0.1, 0.15) is 0 Å². The molecule has 0 aliphatic carbocycles. The molecular formula is C15H29N3O4S. The highest BCUT2D eigenvalue weighted by Gasteiger charge is 2.28. The van der Waals surface area contributed by atoms with Gasteiger partial charge in [-0.25, -0.2) is 13.2 Å². The third kappa shape index (κ3) is 6.64. The van der Waals surface area contributed by atoms with E-state index in [4.69, 9.17) is 4.74 Å². The lowest BCUT2D eigenvalue weighted by atomic mass is 10.1. The van der Waals surface area contributed by atoms with Crippen molar-refractivity contribution in [3.63, 3.8) is 0 Å². The van der Waals surface area contributed by atoms with Crippen molar-refractivity contribution in [3.8, 4) is 0 Å². The molecule has 0 unspecified atom stereocenters. The standard InChI is InChI=1S/C15H29N3O4S/c1-12(2)9-18-4-5-22-14(10-18)8-17-15(19)16-7-13-3-6-23(20,21)11-13/h12-14H,3-11H2,1-2H3,(H2,16,17,19)/t13-,14+/m1/s1. The molecule has 2 amide bonds. The summed E-state index contributed by atoms with van der Waals surface area (Å²) in [6, 6.07) is -0.251. The van der Waals surface area contributed by atoms with Crippen molar-refractivity contribution < 1.29 is 17.9 Å². The van der Waals surface area contributed by atoms with Crippen LogP contribution in [0.2, 0.25) is 0 Å². The van der Waals surface area contributed by atoms with E-state index < -0.39 is 9.84 Å². The highest BCUT2D eigenvalue weighted by atomic mass is 32.2. The van der Waals surface area contributed by atoms with Crippen molar-refractivity contribution in [1.29, 1.82) is 0 Å². The van der Waals surface area contributed by atoms with Gasteiger partial charge in [-0.2, -0.15) is 0 Å². The van der Waals surface area contributed by atoms with E-state index in [1.165, 1.54) is 0 Å². The molecule has 8 heteroatoms.